The topological polar surface area (TPSA) is 49.5 Å². The van der Waals surface area contributed by atoms with E-state index in [1.807, 2.05) is 19.1 Å². The van der Waals surface area contributed by atoms with E-state index in [1.165, 1.54) is 5.56 Å². The van der Waals surface area contributed by atoms with Gasteiger partial charge >= 0.3 is 0 Å². The number of rotatable bonds is 3. The van der Waals surface area contributed by atoms with E-state index < -0.39 is 0 Å². The van der Waals surface area contributed by atoms with Gasteiger partial charge in [-0.1, -0.05) is 18.3 Å². The summed E-state index contributed by atoms with van der Waals surface area (Å²) in [6.45, 7) is 5.75. The van der Waals surface area contributed by atoms with Crippen LogP contribution in [0.4, 0.5) is 5.69 Å². The number of hydrogen-bond acceptors (Lipinski definition) is 3. The highest BCUT2D eigenvalue weighted by Gasteiger charge is 2.27. The standard InChI is InChI=1S/C14H20N2OS/c1-9-3-4-12(14(15)18)13(7-9)16-6-5-11(8-16)10(2)17/h3-4,7,10-11,17H,5-6,8H2,1-2H3,(H2,15,18). The summed E-state index contributed by atoms with van der Waals surface area (Å²) in [6, 6.07) is 6.14. The lowest BCUT2D eigenvalue weighted by Crippen LogP contribution is -2.26. The minimum Gasteiger partial charge on any atom is -0.393 e. The Morgan fingerprint density at radius 3 is 2.83 bits per heavy atom. The molecule has 2 rings (SSSR count). The fourth-order valence-corrected chi connectivity index (χ4v) is 2.68. The van der Waals surface area contributed by atoms with Crippen LogP contribution < -0.4 is 10.6 Å². The molecule has 1 aliphatic rings. The van der Waals surface area contributed by atoms with Gasteiger partial charge in [-0.05, 0) is 38.0 Å². The molecular weight excluding hydrogens is 244 g/mol. The van der Waals surface area contributed by atoms with Crippen LogP contribution in [0.1, 0.15) is 24.5 Å². The second-order valence-electron chi connectivity index (χ2n) is 5.12. The highest BCUT2D eigenvalue weighted by molar-refractivity contribution is 7.80. The molecule has 18 heavy (non-hydrogen) atoms. The van der Waals surface area contributed by atoms with Crippen molar-refractivity contribution in [1.29, 1.82) is 0 Å². The average Bonchev–Trinajstić information content (AvgIpc) is 2.77. The Kier molecular flexibility index (Phi) is 3.88. The molecule has 0 saturated carbocycles. The quantitative estimate of drug-likeness (QED) is 0.818. The third-order valence-electron chi connectivity index (χ3n) is 3.67. The van der Waals surface area contributed by atoms with Crippen LogP contribution >= 0.6 is 12.2 Å². The Labute approximate surface area is 114 Å². The first kappa shape index (κ1) is 13.3. The number of aliphatic hydroxyl groups excluding tert-OH is 1. The van der Waals surface area contributed by atoms with Gasteiger partial charge in [-0.2, -0.15) is 0 Å². The number of aliphatic hydroxyl groups is 1. The van der Waals surface area contributed by atoms with E-state index >= 15 is 0 Å². The second-order valence-corrected chi connectivity index (χ2v) is 5.56. The van der Waals surface area contributed by atoms with Gasteiger partial charge in [-0.25, -0.2) is 0 Å². The van der Waals surface area contributed by atoms with E-state index in [4.69, 9.17) is 18.0 Å². The lowest BCUT2D eigenvalue weighted by molar-refractivity contribution is 0.136. The Balaban J connectivity index is 2.28. The fraction of sp³-hybridized carbons (Fsp3) is 0.500. The van der Waals surface area contributed by atoms with Crippen LogP contribution in [0.3, 0.4) is 0 Å². The molecule has 1 aliphatic heterocycles. The van der Waals surface area contributed by atoms with E-state index in [9.17, 15) is 5.11 Å². The van der Waals surface area contributed by atoms with Gasteiger partial charge in [0.05, 0.1) is 6.10 Å². The molecule has 0 amide bonds. The van der Waals surface area contributed by atoms with Crippen molar-refractivity contribution >= 4 is 22.9 Å². The van der Waals surface area contributed by atoms with Crippen molar-refractivity contribution in [1.82, 2.24) is 0 Å². The first-order valence-electron chi connectivity index (χ1n) is 6.32. The van der Waals surface area contributed by atoms with Crippen LogP contribution in [-0.2, 0) is 0 Å². The van der Waals surface area contributed by atoms with Gasteiger partial charge in [0.2, 0.25) is 0 Å². The van der Waals surface area contributed by atoms with Crippen LogP contribution in [0, 0.1) is 12.8 Å². The number of anilines is 1. The number of nitrogens with zero attached hydrogens (tertiary/aromatic N) is 1. The third kappa shape index (κ3) is 2.65. The molecule has 0 bridgehead atoms. The molecule has 0 radical (unpaired) electrons. The fourth-order valence-electron chi connectivity index (χ4n) is 2.51. The summed E-state index contributed by atoms with van der Waals surface area (Å²) in [4.78, 5) is 2.71. The SMILES string of the molecule is Cc1ccc(C(N)=S)c(N2CCC(C(C)O)C2)c1. The predicted octanol–water partition coefficient (Wildman–Crippen LogP) is 1.84. The summed E-state index contributed by atoms with van der Waals surface area (Å²) < 4.78 is 0. The molecule has 4 heteroatoms. The van der Waals surface area contributed by atoms with Gasteiger partial charge in [-0.3, -0.25) is 0 Å². The van der Waals surface area contributed by atoms with E-state index in [1.54, 1.807) is 0 Å². The molecular formula is C14H20N2OS. The summed E-state index contributed by atoms with van der Waals surface area (Å²) in [7, 11) is 0. The van der Waals surface area contributed by atoms with Crippen LogP contribution in [-0.4, -0.2) is 29.3 Å². The van der Waals surface area contributed by atoms with Gasteiger partial charge < -0.3 is 15.7 Å². The number of aryl methyl sites for hydroxylation is 1. The maximum Gasteiger partial charge on any atom is 0.106 e. The van der Waals surface area contributed by atoms with Gasteiger partial charge in [0.1, 0.15) is 4.99 Å². The monoisotopic (exact) mass is 264 g/mol. The maximum atomic E-state index is 9.67. The van der Waals surface area contributed by atoms with E-state index in [0.29, 0.717) is 10.9 Å². The molecule has 2 unspecified atom stereocenters. The van der Waals surface area contributed by atoms with Gasteiger partial charge in [0, 0.05) is 30.3 Å². The predicted molar refractivity (Wildman–Crippen MR) is 79.1 cm³/mol. The number of hydrogen-bond donors (Lipinski definition) is 2. The maximum absolute atomic E-state index is 9.67. The first-order valence-corrected chi connectivity index (χ1v) is 6.73. The molecule has 1 aromatic carbocycles. The van der Waals surface area contributed by atoms with Crippen molar-refractivity contribution in [3.63, 3.8) is 0 Å². The van der Waals surface area contributed by atoms with Crippen molar-refractivity contribution in [2.24, 2.45) is 11.7 Å². The first-order chi connectivity index (χ1) is 8.49. The third-order valence-corrected chi connectivity index (χ3v) is 3.89. The molecule has 98 valence electrons. The molecule has 1 heterocycles. The molecule has 0 aliphatic carbocycles. The summed E-state index contributed by atoms with van der Waals surface area (Å²) >= 11 is 5.11. The van der Waals surface area contributed by atoms with Crippen molar-refractivity contribution in [3.05, 3.63) is 29.3 Å². The molecule has 1 fully saturated rings. The van der Waals surface area contributed by atoms with Crippen LogP contribution in [0.5, 0.6) is 0 Å². The lowest BCUT2D eigenvalue weighted by Gasteiger charge is -2.23. The summed E-state index contributed by atoms with van der Waals surface area (Å²) in [5, 5.41) is 9.67. The zero-order chi connectivity index (χ0) is 13.3. The minimum absolute atomic E-state index is 0.256. The van der Waals surface area contributed by atoms with Crippen molar-refractivity contribution in [2.45, 2.75) is 26.4 Å². The second kappa shape index (κ2) is 5.24. The van der Waals surface area contributed by atoms with Crippen molar-refractivity contribution < 1.29 is 5.11 Å². The average molecular weight is 264 g/mol. The minimum atomic E-state index is -0.256. The Morgan fingerprint density at radius 2 is 2.28 bits per heavy atom. The van der Waals surface area contributed by atoms with Gasteiger partial charge in [0.15, 0.2) is 0 Å². The highest BCUT2D eigenvalue weighted by atomic mass is 32.1. The Hall–Kier alpha value is -1.13. The molecule has 1 aromatic rings. The van der Waals surface area contributed by atoms with Crippen LogP contribution in [0.2, 0.25) is 0 Å². The molecule has 1 saturated heterocycles. The zero-order valence-corrected chi connectivity index (χ0v) is 11.7. The summed E-state index contributed by atoms with van der Waals surface area (Å²) in [5.41, 5.74) is 9.02. The molecule has 3 N–H and O–H groups in total. The largest absolute Gasteiger partial charge is 0.393 e. The molecule has 3 nitrogen and oxygen atoms in total. The smallest absolute Gasteiger partial charge is 0.106 e. The summed E-state index contributed by atoms with van der Waals surface area (Å²) in [5.74, 6) is 0.338. The van der Waals surface area contributed by atoms with Crippen LogP contribution in [0.25, 0.3) is 0 Å². The van der Waals surface area contributed by atoms with Crippen molar-refractivity contribution in [2.75, 3.05) is 18.0 Å². The van der Waals surface area contributed by atoms with Gasteiger partial charge in [0.25, 0.3) is 0 Å². The number of thiocarbonyl (C=S) groups is 1. The molecule has 0 aromatic heterocycles. The van der Waals surface area contributed by atoms with Crippen LogP contribution in [0.15, 0.2) is 18.2 Å². The zero-order valence-electron chi connectivity index (χ0n) is 10.9. The Bertz CT molecular complexity index is 459. The summed E-state index contributed by atoms with van der Waals surface area (Å²) in [6.07, 6.45) is 0.760. The molecule has 2 atom stereocenters. The van der Waals surface area contributed by atoms with Gasteiger partial charge in [-0.15, -0.1) is 0 Å². The van der Waals surface area contributed by atoms with Crippen molar-refractivity contribution in [3.8, 4) is 0 Å². The Morgan fingerprint density at radius 1 is 1.56 bits per heavy atom. The van der Waals surface area contributed by atoms with E-state index in [2.05, 4.69) is 17.9 Å². The van der Waals surface area contributed by atoms with E-state index in [0.717, 1.165) is 30.8 Å². The number of nitrogens with two attached hydrogens (primary N) is 1. The highest BCUT2D eigenvalue weighted by Crippen LogP contribution is 2.29. The normalized spacial score (nSPS) is 21.1. The van der Waals surface area contributed by atoms with E-state index in [-0.39, 0.29) is 6.10 Å². The number of benzene rings is 1. The molecule has 0 spiro atoms. The lowest BCUT2D eigenvalue weighted by atomic mass is 10.0.